The Bertz CT molecular complexity index is 407. The average molecular weight is 241 g/mol. The van der Waals surface area contributed by atoms with E-state index in [4.69, 9.17) is 5.73 Å². The average Bonchev–Trinajstić information content (AvgIpc) is 2.36. The van der Waals surface area contributed by atoms with Crippen molar-refractivity contribution < 1.29 is 24.9 Å². The lowest BCUT2D eigenvalue weighted by molar-refractivity contribution is 0.0228. The van der Waals surface area contributed by atoms with E-state index in [-0.39, 0.29) is 23.4 Å². The molecule has 0 saturated heterocycles. The quantitative estimate of drug-likeness (QED) is 0.530. The van der Waals surface area contributed by atoms with Crippen molar-refractivity contribution in [2.24, 2.45) is 5.73 Å². The Balaban J connectivity index is 3.10. The molecule has 17 heavy (non-hydrogen) atoms. The topological polar surface area (TPSA) is 113 Å². The first-order chi connectivity index (χ1) is 8.01. The number of rotatable bonds is 4. The van der Waals surface area contributed by atoms with Gasteiger partial charge < -0.3 is 25.8 Å². The normalized spacial score (nSPS) is 14.1. The first kappa shape index (κ1) is 13.4. The van der Waals surface area contributed by atoms with E-state index in [1.165, 1.54) is 25.3 Å². The third-order valence-corrected chi connectivity index (χ3v) is 2.37. The van der Waals surface area contributed by atoms with Crippen LogP contribution in [-0.4, -0.2) is 41.0 Å². The van der Waals surface area contributed by atoms with Crippen LogP contribution in [0.2, 0.25) is 0 Å². The summed E-state index contributed by atoms with van der Waals surface area (Å²) in [6.07, 6.45) is -2.57. The molecule has 0 amide bonds. The number of esters is 1. The van der Waals surface area contributed by atoms with Crippen molar-refractivity contribution in [3.05, 3.63) is 29.3 Å². The van der Waals surface area contributed by atoms with Crippen molar-refractivity contribution in [3.8, 4) is 5.75 Å². The van der Waals surface area contributed by atoms with Gasteiger partial charge in [-0.15, -0.1) is 0 Å². The van der Waals surface area contributed by atoms with E-state index in [1.807, 2.05) is 0 Å². The van der Waals surface area contributed by atoms with Crippen molar-refractivity contribution in [3.63, 3.8) is 0 Å². The fourth-order valence-electron chi connectivity index (χ4n) is 1.37. The number of benzene rings is 1. The molecule has 5 N–H and O–H groups in total. The zero-order valence-electron chi connectivity index (χ0n) is 9.33. The molecule has 1 aromatic rings. The van der Waals surface area contributed by atoms with E-state index in [1.54, 1.807) is 0 Å². The number of hydrogen-bond acceptors (Lipinski definition) is 6. The highest BCUT2D eigenvalue weighted by molar-refractivity contribution is 5.89. The van der Waals surface area contributed by atoms with E-state index in [0.717, 1.165) is 0 Å². The van der Waals surface area contributed by atoms with E-state index >= 15 is 0 Å². The van der Waals surface area contributed by atoms with Crippen LogP contribution in [0, 0.1) is 0 Å². The van der Waals surface area contributed by atoms with Crippen LogP contribution in [0.1, 0.15) is 22.0 Å². The number of carbonyl (C=O) groups is 1. The minimum absolute atomic E-state index is 0.0332. The number of carbonyl (C=O) groups excluding carboxylic acids is 1. The zero-order chi connectivity index (χ0) is 13.0. The molecule has 0 aliphatic rings. The smallest absolute Gasteiger partial charge is 0.337 e. The lowest BCUT2D eigenvalue weighted by Crippen LogP contribution is -2.27. The number of aromatic hydroxyl groups is 1. The number of methoxy groups -OCH3 is 1. The molecule has 0 bridgehead atoms. The molecular formula is C11H15NO5. The van der Waals surface area contributed by atoms with Gasteiger partial charge in [0.1, 0.15) is 11.9 Å². The van der Waals surface area contributed by atoms with Gasteiger partial charge in [0.2, 0.25) is 0 Å². The summed E-state index contributed by atoms with van der Waals surface area (Å²) in [5.74, 6) is -0.821. The molecule has 0 aliphatic carbocycles. The van der Waals surface area contributed by atoms with Crippen molar-refractivity contribution in [2.45, 2.75) is 12.2 Å². The van der Waals surface area contributed by atoms with Crippen molar-refractivity contribution in [1.29, 1.82) is 0 Å². The standard InChI is InChI=1S/C11H15NO5/c1-17-11(16)6-2-3-8(13)7(4-6)10(15)9(14)5-12/h2-4,9-10,13-15H,5,12H2,1H3. The minimum Gasteiger partial charge on any atom is -0.508 e. The van der Waals surface area contributed by atoms with Gasteiger partial charge in [-0.1, -0.05) is 0 Å². The Hall–Kier alpha value is -1.63. The van der Waals surface area contributed by atoms with Gasteiger partial charge in [-0.25, -0.2) is 4.79 Å². The fourth-order valence-corrected chi connectivity index (χ4v) is 1.37. The SMILES string of the molecule is COC(=O)c1ccc(O)c(C(O)C(O)CN)c1. The molecule has 1 rings (SSSR count). The predicted octanol–water partition coefficient (Wildman–Crippen LogP) is -0.468. The molecule has 6 heteroatoms. The highest BCUT2D eigenvalue weighted by Gasteiger charge is 2.21. The number of phenolic OH excluding ortho intramolecular Hbond substituents is 1. The molecule has 1 aromatic carbocycles. The van der Waals surface area contributed by atoms with Crippen molar-refractivity contribution >= 4 is 5.97 Å². The summed E-state index contributed by atoms with van der Waals surface area (Å²) in [5, 5.41) is 28.6. The summed E-state index contributed by atoms with van der Waals surface area (Å²) in [5.41, 5.74) is 5.40. The molecule has 0 spiro atoms. The van der Waals surface area contributed by atoms with E-state index in [9.17, 15) is 20.1 Å². The summed E-state index contributed by atoms with van der Waals surface area (Å²) in [7, 11) is 1.22. The third kappa shape index (κ3) is 2.94. The Morgan fingerprint density at radius 1 is 1.47 bits per heavy atom. The van der Waals surface area contributed by atoms with Gasteiger partial charge in [0.05, 0.1) is 18.8 Å². The maximum Gasteiger partial charge on any atom is 0.337 e. The molecule has 0 heterocycles. The van der Waals surface area contributed by atoms with Crippen LogP contribution in [0.15, 0.2) is 18.2 Å². The second-order valence-electron chi connectivity index (χ2n) is 3.51. The van der Waals surface area contributed by atoms with Crippen LogP contribution >= 0.6 is 0 Å². The summed E-state index contributed by atoms with van der Waals surface area (Å²) in [6, 6.07) is 3.85. The maximum atomic E-state index is 11.3. The number of phenols is 1. The molecule has 2 atom stereocenters. The van der Waals surface area contributed by atoms with Crippen LogP contribution in [0.3, 0.4) is 0 Å². The largest absolute Gasteiger partial charge is 0.508 e. The molecule has 0 saturated carbocycles. The number of nitrogens with two attached hydrogens (primary N) is 1. The molecule has 0 radical (unpaired) electrons. The summed E-state index contributed by atoms with van der Waals surface area (Å²) in [6.45, 7) is -0.164. The highest BCUT2D eigenvalue weighted by atomic mass is 16.5. The first-order valence-electron chi connectivity index (χ1n) is 4.98. The van der Waals surface area contributed by atoms with Crippen LogP contribution in [0.25, 0.3) is 0 Å². The van der Waals surface area contributed by atoms with Crippen molar-refractivity contribution in [1.82, 2.24) is 0 Å². The second-order valence-corrected chi connectivity index (χ2v) is 3.51. The summed E-state index contributed by atoms with van der Waals surface area (Å²) in [4.78, 5) is 11.3. The monoisotopic (exact) mass is 241 g/mol. The van der Waals surface area contributed by atoms with Gasteiger partial charge in [-0.3, -0.25) is 0 Å². The predicted molar refractivity (Wildman–Crippen MR) is 59.5 cm³/mol. The van der Waals surface area contributed by atoms with Crippen LogP contribution in [0.4, 0.5) is 0 Å². The third-order valence-electron chi connectivity index (χ3n) is 2.37. The highest BCUT2D eigenvalue weighted by Crippen LogP contribution is 2.27. The lowest BCUT2D eigenvalue weighted by atomic mass is 10.0. The molecule has 0 aliphatic heterocycles. The Labute approximate surface area is 98.3 Å². The Morgan fingerprint density at radius 2 is 2.12 bits per heavy atom. The number of aliphatic hydroxyl groups excluding tert-OH is 2. The van der Waals surface area contributed by atoms with Gasteiger partial charge in [0.15, 0.2) is 0 Å². The molecular weight excluding hydrogens is 226 g/mol. The molecule has 6 nitrogen and oxygen atoms in total. The lowest BCUT2D eigenvalue weighted by Gasteiger charge is -2.18. The second kappa shape index (κ2) is 5.62. The number of aliphatic hydroxyl groups is 2. The fraction of sp³-hybridized carbons (Fsp3) is 0.364. The van der Waals surface area contributed by atoms with Crippen molar-refractivity contribution in [2.75, 3.05) is 13.7 Å². The minimum atomic E-state index is -1.36. The van der Waals surface area contributed by atoms with E-state index < -0.39 is 18.2 Å². The Kier molecular flexibility index (Phi) is 4.45. The van der Waals surface area contributed by atoms with Crippen LogP contribution in [-0.2, 0) is 4.74 Å². The zero-order valence-corrected chi connectivity index (χ0v) is 9.33. The summed E-state index contributed by atoms with van der Waals surface area (Å²) >= 11 is 0. The Morgan fingerprint density at radius 3 is 2.65 bits per heavy atom. The maximum absolute atomic E-state index is 11.3. The summed E-state index contributed by atoms with van der Waals surface area (Å²) < 4.78 is 4.51. The van der Waals surface area contributed by atoms with Crippen LogP contribution in [0.5, 0.6) is 5.75 Å². The van der Waals surface area contributed by atoms with E-state index in [0.29, 0.717) is 0 Å². The van der Waals surface area contributed by atoms with Gasteiger partial charge in [0, 0.05) is 12.1 Å². The van der Waals surface area contributed by atoms with Gasteiger partial charge in [0.25, 0.3) is 0 Å². The molecule has 0 aromatic heterocycles. The first-order valence-corrected chi connectivity index (χ1v) is 4.98. The molecule has 0 fully saturated rings. The van der Waals surface area contributed by atoms with E-state index in [2.05, 4.69) is 4.74 Å². The van der Waals surface area contributed by atoms with Gasteiger partial charge in [-0.05, 0) is 18.2 Å². The number of ether oxygens (including phenoxy) is 1. The van der Waals surface area contributed by atoms with Gasteiger partial charge >= 0.3 is 5.97 Å². The number of hydrogen-bond donors (Lipinski definition) is 4. The van der Waals surface area contributed by atoms with Crippen LogP contribution < -0.4 is 5.73 Å². The molecule has 94 valence electrons. The molecule has 2 unspecified atom stereocenters. The van der Waals surface area contributed by atoms with Gasteiger partial charge in [-0.2, -0.15) is 0 Å².